The van der Waals surface area contributed by atoms with E-state index in [2.05, 4.69) is 42.1 Å². The summed E-state index contributed by atoms with van der Waals surface area (Å²) in [6.45, 7) is 2.47. The van der Waals surface area contributed by atoms with Crippen LogP contribution < -0.4 is 0 Å². The van der Waals surface area contributed by atoms with Crippen molar-refractivity contribution in [3.63, 3.8) is 0 Å². The molecule has 0 amide bonds. The van der Waals surface area contributed by atoms with Gasteiger partial charge >= 0.3 is 0 Å². The maximum absolute atomic E-state index is 9.24. The largest absolute Gasteiger partial charge is 0.390 e. The molecule has 0 radical (unpaired) electrons. The Balaban J connectivity index is 2.09. The van der Waals surface area contributed by atoms with Crippen LogP contribution in [0, 0.1) is 19.3 Å². The molecule has 0 saturated carbocycles. The summed E-state index contributed by atoms with van der Waals surface area (Å²) in [7, 11) is 0. The normalized spacial score (nSPS) is 10.4. The minimum Gasteiger partial charge on any atom is -0.390 e. The number of rotatable bonds is 5. The van der Waals surface area contributed by atoms with Crippen LogP contribution in [0.25, 0.3) is 0 Å². The van der Waals surface area contributed by atoms with Crippen molar-refractivity contribution in [3.05, 3.63) is 47.3 Å². The molecule has 0 spiro atoms. The van der Waals surface area contributed by atoms with Gasteiger partial charge in [0.1, 0.15) is 0 Å². The molecule has 19 heavy (non-hydrogen) atoms. The SMILES string of the molecule is C#CCn1c(CO)cnc1SCc1ccc(C)cc1. The molecular formula is C15H16N2OS. The number of aliphatic hydroxyl groups is 1. The monoisotopic (exact) mass is 272 g/mol. The summed E-state index contributed by atoms with van der Waals surface area (Å²) in [4.78, 5) is 4.31. The molecule has 0 unspecified atom stereocenters. The predicted octanol–water partition coefficient (Wildman–Crippen LogP) is 2.61. The summed E-state index contributed by atoms with van der Waals surface area (Å²) in [5, 5.41) is 10.1. The van der Waals surface area contributed by atoms with E-state index in [1.54, 1.807) is 18.0 Å². The Morgan fingerprint density at radius 2 is 2.11 bits per heavy atom. The number of aromatic nitrogens is 2. The number of imidazole rings is 1. The third kappa shape index (κ3) is 3.40. The van der Waals surface area contributed by atoms with E-state index in [-0.39, 0.29) is 6.61 Å². The second-order valence-corrected chi connectivity index (χ2v) is 5.20. The van der Waals surface area contributed by atoms with Crippen LogP contribution >= 0.6 is 11.8 Å². The van der Waals surface area contributed by atoms with Gasteiger partial charge in [0, 0.05) is 5.75 Å². The van der Waals surface area contributed by atoms with Gasteiger partial charge in [-0.1, -0.05) is 47.5 Å². The average Bonchev–Trinajstić information content (AvgIpc) is 2.81. The van der Waals surface area contributed by atoms with Crippen LogP contribution in [0.4, 0.5) is 0 Å². The Bertz CT molecular complexity index is 581. The summed E-state index contributed by atoms with van der Waals surface area (Å²) >= 11 is 1.63. The first-order chi connectivity index (χ1) is 9.24. The van der Waals surface area contributed by atoms with Crippen LogP contribution in [-0.2, 0) is 18.9 Å². The molecule has 2 aromatic rings. The number of hydrogen-bond donors (Lipinski definition) is 1. The van der Waals surface area contributed by atoms with Crippen LogP contribution in [0.5, 0.6) is 0 Å². The molecule has 0 fully saturated rings. The Hall–Kier alpha value is -1.70. The second kappa shape index (κ2) is 6.46. The van der Waals surface area contributed by atoms with Gasteiger partial charge in [-0.2, -0.15) is 0 Å². The van der Waals surface area contributed by atoms with Crippen LogP contribution in [0.15, 0.2) is 35.6 Å². The molecular weight excluding hydrogens is 256 g/mol. The number of hydrogen-bond acceptors (Lipinski definition) is 3. The highest BCUT2D eigenvalue weighted by Gasteiger charge is 2.09. The van der Waals surface area contributed by atoms with Crippen LogP contribution in [0.1, 0.15) is 16.8 Å². The van der Waals surface area contributed by atoms with E-state index in [1.165, 1.54) is 11.1 Å². The van der Waals surface area contributed by atoms with Gasteiger partial charge < -0.3 is 9.67 Å². The van der Waals surface area contributed by atoms with Gasteiger partial charge in [-0.3, -0.25) is 0 Å². The van der Waals surface area contributed by atoms with E-state index in [0.717, 1.165) is 16.6 Å². The van der Waals surface area contributed by atoms with E-state index in [1.807, 2.05) is 4.57 Å². The minimum atomic E-state index is -0.0419. The first kappa shape index (κ1) is 13.7. The zero-order valence-corrected chi connectivity index (χ0v) is 11.7. The number of terminal acetylenes is 1. The zero-order valence-electron chi connectivity index (χ0n) is 10.8. The molecule has 1 aromatic carbocycles. The van der Waals surface area contributed by atoms with Crippen molar-refractivity contribution >= 4 is 11.8 Å². The average molecular weight is 272 g/mol. The summed E-state index contributed by atoms with van der Waals surface area (Å²) < 4.78 is 1.87. The van der Waals surface area contributed by atoms with Gasteiger partial charge in [0.15, 0.2) is 5.16 Å². The van der Waals surface area contributed by atoms with Gasteiger partial charge in [-0.25, -0.2) is 4.98 Å². The Morgan fingerprint density at radius 1 is 1.37 bits per heavy atom. The molecule has 0 aliphatic heterocycles. The molecule has 1 N–H and O–H groups in total. The van der Waals surface area contributed by atoms with Crippen molar-refractivity contribution in [1.29, 1.82) is 0 Å². The molecule has 0 aliphatic rings. The number of aliphatic hydroxyl groups excluding tert-OH is 1. The quantitative estimate of drug-likeness (QED) is 0.671. The summed E-state index contributed by atoms with van der Waals surface area (Å²) in [5.74, 6) is 3.43. The first-order valence-corrected chi connectivity index (χ1v) is 7.00. The van der Waals surface area contributed by atoms with Crippen molar-refractivity contribution in [2.24, 2.45) is 0 Å². The Kier molecular flexibility index (Phi) is 4.67. The van der Waals surface area contributed by atoms with E-state index >= 15 is 0 Å². The van der Waals surface area contributed by atoms with Crippen molar-refractivity contribution in [2.75, 3.05) is 0 Å². The topological polar surface area (TPSA) is 38.0 Å². The maximum Gasteiger partial charge on any atom is 0.169 e. The lowest BCUT2D eigenvalue weighted by atomic mass is 10.2. The number of nitrogens with zero attached hydrogens (tertiary/aromatic N) is 2. The standard InChI is InChI=1S/C15H16N2OS/c1-3-8-17-14(10-18)9-16-15(17)19-11-13-6-4-12(2)5-7-13/h1,4-7,9,18H,8,10-11H2,2H3. The molecule has 0 bridgehead atoms. The Morgan fingerprint density at radius 3 is 2.74 bits per heavy atom. The molecule has 98 valence electrons. The third-order valence-corrected chi connectivity index (χ3v) is 3.86. The van der Waals surface area contributed by atoms with Gasteiger partial charge in [-0.05, 0) is 12.5 Å². The predicted molar refractivity (Wildman–Crippen MR) is 77.7 cm³/mol. The summed E-state index contributed by atoms with van der Waals surface area (Å²) in [5.41, 5.74) is 3.26. The van der Waals surface area contributed by atoms with Crippen molar-refractivity contribution < 1.29 is 5.11 Å². The fraction of sp³-hybridized carbons (Fsp3) is 0.267. The minimum absolute atomic E-state index is 0.0419. The number of benzene rings is 1. The van der Waals surface area contributed by atoms with E-state index in [9.17, 15) is 5.11 Å². The van der Waals surface area contributed by atoms with E-state index in [4.69, 9.17) is 6.42 Å². The lowest BCUT2D eigenvalue weighted by Crippen LogP contribution is -2.03. The van der Waals surface area contributed by atoms with Crippen LogP contribution in [0.2, 0.25) is 0 Å². The Labute approximate surface area is 117 Å². The zero-order chi connectivity index (χ0) is 13.7. The summed E-state index contributed by atoms with van der Waals surface area (Å²) in [6.07, 6.45) is 7.02. The molecule has 1 heterocycles. The van der Waals surface area contributed by atoms with Gasteiger partial charge in [0.2, 0.25) is 0 Å². The summed E-state index contributed by atoms with van der Waals surface area (Å²) in [6, 6.07) is 8.43. The molecule has 0 atom stereocenters. The van der Waals surface area contributed by atoms with Crippen molar-refractivity contribution in [2.45, 2.75) is 31.0 Å². The fourth-order valence-electron chi connectivity index (χ4n) is 1.73. The maximum atomic E-state index is 9.24. The molecule has 0 saturated heterocycles. The van der Waals surface area contributed by atoms with E-state index < -0.39 is 0 Å². The lowest BCUT2D eigenvalue weighted by Gasteiger charge is -2.07. The highest BCUT2D eigenvalue weighted by molar-refractivity contribution is 7.98. The molecule has 0 aliphatic carbocycles. The molecule has 3 nitrogen and oxygen atoms in total. The van der Waals surface area contributed by atoms with Gasteiger partial charge in [0.25, 0.3) is 0 Å². The molecule has 2 rings (SSSR count). The second-order valence-electron chi connectivity index (χ2n) is 4.25. The van der Waals surface area contributed by atoms with E-state index in [0.29, 0.717) is 6.54 Å². The molecule has 4 heteroatoms. The lowest BCUT2D eigenvalue weighted by molar-refractivity contribution is 0.270. The number of aryl methyl sites for hydroxylation is 1. The third-order valence-electron chi connectivity index (χ3n) is 2.80. The van der Waals surface area contributed by atoms with Crippen molar-refractivity contribution in [3.8, 4) is 12.3 Å². The van der Waals surface area contributed by atoms with Crippen LogP contribution in [0.3, 0.4) is 0 Å². The first-order valence-electron chi connectivity index (χ1n) is 6.01. The fourth-order valence-corrected chi connectivity index (χ4v) is 2.68. The smallest absolute Gasteiger partial charge is 0.169 e. The van der Waals surface area contributed by atoms with Gasteiger partial charge in [0.05, 0.1) is 25.0 Å². The molecule has 1 aromatic heterocycles. The number of thioether (sulfide) groups is 1. The highest BCUT2D eigenvalue weighted by Crippen LogP contribution is 2.23. The highest BCUT2D eigenvalue weighted by atomic mass is 32.2. The van der Waals surface area contributed by atoms with Crippen LogP contribution in [-0.4, -0.2) is 14.7 Å². The van der Waals surface area contributed by atoms with Crippen molar-refractivity contribution in [1.82, 2.24) is 9.55 Å². The van der Waals surface area contributed by atoms with Gasteiger partial charge in [-0.15, -0.1) is 6.42 Å².